The average molecular weight is 821 g/mol. The second-order valence-corrected chi connectivity index (χ2v) is 13.6. The Morgan fingerprint density at radius 1 is 0.367 bits per heavy atom. The Balaban J connectivity index is 4.69. The van der Waals surface area contributed by atoms with Crippen LogP contribution in [0.1, 0.15) is 130 Å². The first-order valence-electron chi connectivity index (χ1n) is 22.2. The Kier molecular flexibility index (Phi) is 42.4. The minimum absolute atomic E-state index is 0.101. The first-order valence-corrected chi connectivity index (χ1v) is 22.2. The van der Waals surface area contributed by atoms with Gasteiger partial charge < -0.3 is 14.2 Å². The number of carbonyl (C=O) groups is 3. The minimum atomic E-state index is -0.879. The predicted octanol–water partition coefficient (Wildman–Crippen LogP) is 14.5. The molecule has 0 aromatic carbocycles. The summed E-state index contributed by atoms with van der Waals surface area (Å²) in [5.41, 5.74) is 0. The van der Waals surface area contributed by atoms with Gasteiger partial charge in [0.05, 0.1) is 6.42 Å². The number of allylic oxidation sites excluding steroid dienone is 27. The third-order valence-electron chi connectivity index (χ3n) is 8.16. The van der Waals surface area contributed by atoms with E-state index < -0.39 is 18.0 Å². The van der Waals surface area contributed by atoms with Crippen LogP contribution in [0, 0.1) is 0 Å². The molecule has 0 rings (SSSR count). The van der Waals surface area contributed by atoms with Gasteiger partial charge in [-0.3, -0.25) is 14.4 Å². The summed E-state index contributed by atoms with van der Waals surface area (Å²) in [6.07, 6.45) is 69.5. The van der Waals surface area contributed by atoms with Gasteiger partial charge in [-0.2, -0.15) is 0 Å². The lowest BCUT2D eigenvalue weighted by atomic mass is 10.1. The van der Waals surface area contributed by atoms with Crippen LogP contribution in [0.4, 0.5) is 0 Å². The fourth-order valence-corrected chi connectivity index (χ4v) is 4.93. The van der Waals surface area contributed by atoms with Gasteiger partial charge in [0, 0.05) is 12.8 Å². The molecule has 0 aliphatic rings. The van der Waals surface area contributed by atoms with Gasteiger partial charge in [-0.25, -0.2) is 0 Å². The molecule has 0 saturated carbocycles. The van der Waals surface area contributed by atoms with Crippen LogP contribution in [0.15, 0.2) is 170 Å². The lowest BCUT2D eigenvalue weighted by molar-refractivity contribution is -0.166. The SMILES string of the molecule is CC\C=C/C=C\C=C/C=C\C=C\C=C/CCCCCC(=O)OCC(COC(=O)C/C=C\C/C=C\C/C=C\CC)OC(=O)CC/C=C\C/C=C\C/C=C\C/C=C\C/C=C\CC. The molecular weight excluding hydrogens is 745 g/mol. The molecule has 0 amide bonds. The van der Waals surface area contributed by atoms with Gasteiger partial charge in [-0.05, 0) is 83.5 Å². The van der Waals surface area contributed by atoms with Crippen molar-refractivity contribution in [3.05, 3.63) is 170 Å². The smallest absolute Gasteiger partial charge is 0.309 e. The predicted molar refractivity (Wildman–Crippen MR) is 255 cm³/mol. The highest BCUT2D eigenvalue weighted by atomic mass is 16.6. The van der Waals surface area contributed by atoms with Gasteiger partial charge in [0.2, 0.25) is 0 Å². The molecule has 1 unspecified atom stereocenters. The lowest BCUT2D eigenvalue weighted by Crippen LogP contribution is -2.30. The molecule has 0 spiro atoms. The molecule has 0 aromatic heterocycles. The van der Waals surface area contributed by atoms with E-state index in [0.717, 1.165) is 77.0 Å². The number of ether oxygens (including phenoxy) is 3. The van der Waals surface area contributed by atoms with Crippen molar-refractivity contribution in [1.82, 2.24) is 0 Å². The maximum atomic E-state index is 12.7. The van der Waals surface area contributed by atoms with Crippen molar-refractivity contribution in [3.8, 4) is 0 Å². The van der Waals surface area contributed by atoms with Crippen LogP contribution in [0.3, 0.4) is 0 Å². The van der Waals surface area contributed by atoms with Gasteiger partial charge in [0.25, 0.3) is 0 Å². The van der Waals surface area contributed by atoms with E-state index in [1.165, 1.54) is 0 Å². The Labute approximate surface area is 364 Å². The molecule has 6 heteroatoms. The molecule has 0 heterocycles. The fraction of sp³-hybridized carbons (Fsp3) is 0.426. The molecule has 0 bridgehead atoms. The molecule has 328 valence electrons. The van der Waals surface area contributed by atoms with Crippen LogP contribution in [0.5, 0.6) is 0 Å². The Bertz CT molecular complexity index is 1500. The van der Waals surface area contributed by atoms with E-state index in [-0.39, 0.29) is 38.4 Å². The topological polar surface area (TPSA) is 78.9 Å². The van der Waals surface area contributed by atoms with Gasteiger partial charge in [-0.15, -0.1) is 0 Å². The van der Waals surface area contributed by atoms with E-state index in [1.54, 1.807) is 6.08 Å². The number of hydrogen-bond acceptors (Lipinski definition) is 6. The van der Waals surface area contributed by atoms with Crippen molar-refractivity contribution in [3.63, 3.8) is 0 Å². The summed E-state index contributed by atoms with van der Waals surface area (Å²) in [5.74, 6) is -1.24. The molecule has 60 heavy (non-hydrogen) atoms. The highest BCUT2D eigenvalue weighted by molar-refractivity contribution is 5.72. The van der Waals surface area contributed by atoms with E-state index in [2.05, 4.69) is 99.8 Å². The normalized spacial score (nSPS) is 13.7. The first-order chi connectivity index (χ1) is 29.5. The highest BCUT2D eigenvalue weighted by Crippen LogP contribution is 2.08. The summed E-state index contributed by atoms with van der Waals surface area (Å²) in [6.45, 7) is 6.00. The Morgan fingerprint density at radius 3 is 1.28 bits per heavy atom. The molecule has 0 N–H and O–H groups in total. The van der Waals surface area contributed by atoms with Crippen molar-refractivity contribution < 1.29 is 28.6 Å². The molecule has 6 nitrogen and oxygen atoms in total. The molecule has 0 aliphatic heterocycles. The van der Waals surface area contributed by atoms with Gasteiger partial charge in [0.15, 0.2) is 6.10 Å². The quantitative estimate of drug-likeness (QED) is 0.0206. The summed E-state index contributed by atoms with van der Waals surface area (Å²) in [5, 5.41) is 0. The van der Waals surface area contributed by atoms with E-state index in [1.807, 2.05) is 85.1 Å². The van der Waals surface area contributed by atoms with E-state index in [9.17, 15) is 14.4 Å². The van der Waals surface area contributed by atoms with E-state index in [0.29, 0.717) is 12.8 Å². The van der Waals surface area contributed by atoms with Crippen molar-refractivity contribution in [2.45, 2.75) is 136 Å². The maximum absolute atomic E-state index is 12.7. The van der Waals surface area contributed by atoms with Crippen LogP contribution in [-0.4, -0.2) is 37.2 Å². The number of unbranched alkanes of at least 4 members (excludes halogenated alkanes) is 3. The van der Waals surface area contributed by atoms with E-state index >= 15 is 0 Å². The van der Waals surface area contributed by atoms with Gasteiger partial charge in [0.1, 0.15) is 13.2 Å². The average Bonchev–Trinajstić information content (AvgIpc) is 3.24. The van der Waals surface area contributed by atoms with Crippen LogP contribution >= 0.6 is 0 Å². The summed E-state index contributed by atoms with van der Waals surface area (Å²) < 4.78 is 16.5. The first kappa shape index (κ1) is 54.8. The molecular formula is C54H76O6. The van der Waals surface area contributed by atoms with Crippen LogP contribution < -0.4 is 0 Å². The molecule has 0 aromatic rings. The van der Waals surface area contributed by atoms with Crippen LogP contribution in [0.2, 0.25) is 0 Å². The second-order valence-electron chi connectivity index (χ2n) is 13.6. The van der Waals surface area contributed by atoms with Crippen molar-refractivity contribution >= 4 is 17.9 Å². The number of esters is 3. The Morgan fingerprint density at radius 2 is 0.783 bits per heavy atom. The summed E-state index contributed by atoms with van der Waals surface area (Å²) >= 11 is 0. The molecule has 0 saturated heterocycles. The zero-order valence-electron chi connectivity index (χ0n) is 37.1. The monoisotopic (exact) mass is 821 g/mol. The van der Waals surface area contributed by atoms with Crippen LogP contribution in [0.25, 0.3) is 0 Å². The largest absolute Gasteiger partial charge is 0.462 e. The third kappa shape index (κ3) is 43.9. The summed E-state index contributed by atoms with van der Waals surface area (Å²) in [6, 6.07) is 0. The number of rotatable bonds is 36. The van der Waals surface area contributed by atoms with Crippen molar-refractivity contribution in [1.29, 1.82) is 0 Å². The van der Waals surface area contributed by atoms with Crippen molar-refractivity contribution in [2.24, 2.45) is 0 Å². The molecule has 1 atom stereocenters. The third-order valence-corrected chi connectivity index (χ3v) is 8.16. The minimum Gasteiger partial charge on any atom is -0.462 e. The number of carbonyl (C=O) groups excluding carboxylic acids is 3. The molecule has 0 radical (unpaired) electrons. The van der Waals surface area contributed by atoms with Crippen LogP contribution in [-0.2, 0) is 28.6 Å². The lowest BCUT2D eigenvalue weighted by Gasteiger charge is -2.18. The molecule has 0 aliphatic carbocycles. The van der Waals surface area contributed by atoms with Crippen molar-refractivity contribution in [2.75, 3.05) is 13.2 Å². The van der Waals surface area contributed by atoms with E-state index in [4.69, 9.17) is 14.2 Å². The number of hydrogen-bond donors (Lipinski definition) is 0. The second kappa shape index (κ2) is 46.5. The zero-order chi connectivity index (χ0) is 43.7. The van der Waals surface area contributed by atoms with Gasteiger partial charge >= 0.3 is 17.9 Å². The Hall–Kier alpha value is -5.23. The van der Waals surface area contributed by atoms with Gasteiger partial charge in [-0.1, -0.05) is 197 Å². The fourth-order valence-electron chi connectivity index (χ4n) is 4.93. The highest BCUT2D eigenvalue weighted by Gasteiger charge is 2.19. The summed E-state index contributed by atoms with van der Waals surface area (Å²) in [4.78, 5) is 37.6. The maximum Gasteiger partial charge on any atom is 0.309 e. The molecule has 0 fully saturated rings. The zero-order valence-corrected chi connectivity index (χ0v) is 37.1. The summed E-state index contributed by atoms with van der Waals surface area (Å²) in [7, 11) is 0. The standard InChI is InChI=1S/C54H76O6/c1-4-7-10-13-16-19-21-23-25-27-29-30-32-35-38-41-44-47-53(56)59-50-51(49-58-52(55)46-43-40-37-34-18-15-12-9-6-3)60-54(57)48-45-42-39-36-33-31-28-26-24-22-20-17-14-11-8-5-2/h7-13,16-21,23-27,29-34,39-40,42-43,51H,4-6,14-15,22,28,35-38,41,44-50H2,1-3H3/b10-7-,11-8-,12-9-,16-13-,20-17-,21-19-,25-23-,26-24-,29-27+,32-30-,33-31-,34-18-,42-39-,43-40-.